The zero-order valence-electron chi connectivity index (χ0n) is 13.1. The maximum atomic E-state index is 11.7. The molecule has 0 heterocycles. The number of rotatable bonds is 10. The standard InChI is InChI=1S/C16H29NO4/c1-3-5-11-20-12-10-17-13-16(19)8-6-14(7-9-16)15(18)21-4-2/h3,14,17,19H,1,4-13H2,2H3. The average Bonchev–Trinajstić information content (AvgIpc) is 2.47. The van der Waals surface area contributed by atoms with Crippen LogP contribution in [0.1, 0.15) is 39.0 Å². The van der Waals surface area contributed by atoms with Crippen LogP contribution in [0.3, 0.4) is 0 Å². The molecule has 0 bridgehead atoms. The van der Waals surface area contributed by atoms with Crippen molar-refractivity contribution in [2.75, 3.05) is 32.9 Å². The summed E-state index contributed by atoms with van der Waals surface area (Å²) in [4.78, 5) is 11.7. The van der Waals surface area contributed by atoms with Gasteiger partial charge in [0.2, 0.25) is 0 Å². The van der Waals surface area contributed by atoms with Gasteiger partial charge in [-0.3, -0.25) is 4.79 Å². The van der Waals surface area contributed by atoms with Gasteiger partial charge in [0.1, 0.15) is 0 Å². The summed E-state index contributed by atoms with van der Waals surface area (Å²) < 4.78 is 10.4. The summed E-state index contributed by atoms with van der Waals surface area (Å²) in [6.45, 7) is 8.47. The third kappa shape index (κ3) is 7.07. The predicted molar refractivity (Wildman–Crippen MR) is 82.0 cm³/mol. The van der Waals surface area contributed by atoms with Crippen LogP contribution in [0.4, 0.5) is 0 Å². The van der Waals surface area contributed by atoms with Crippen LogP contribution in [0.15, 0.2) is 12.7 Å². The third-order valence-electron chi connectivity index (χ3n) is 3.88. The molecule has 21 heavy (non-hydrogen) atoms. The third-order valence-corrected chi connectivity index (χ3v) is 3.88. The summed E-state index contributed by atoms with van der Waals surface area (Å²) in [6, 6.07) is 0. The van der Waals surface area contributed by atoms with E-state index < -0.39 is 5.60 Å². The molecule has 0 spiro atoms. The SMILES string of the molecule is C=CCCOCCNCC1(O)CCC(C(=O)OCC)CC1. The molecule has 0 aromatic carbocycles. The molecule has 0 aliphatic heterocycles. The number of esters is 1. The Hall–Kier alpha value is -0.910. The molecule has 5 heteroatoms. The molecule has 0 radical (unpaired) electrons. The molecule has 5 nitrogen and oxygen atoms in total. The molecule has 2 N–H and O–H groups in total. The summed E-state index contributed by atoms with van der Waals surface area (Å²) in [5.74, 6) is -0.171. The second kappa shape index (κ2) is 9.92. The molecular formula is C16H29NO4. The maximum Gasteiger partial charge on any atom is 0.308 e. The van der Waals surface area contributed by atoms with Gasteiger partial charge in [0.15, 0.2) is 0 Å². The van der Waals surface area contributed by atoms with Gasteiger partial charge in [-0.1, -0.05) is 6.08 Å². The Morgan fingerprint density at radius 2 is 2.14 bits per heavy atom. The van der Waals surface area contributed by atoms with E-state index in [0.29, 0.717) is 52.0 Å². The Labute approximate surface area is 127 Å². The van der Waals surface area contributed by atoms with Crippen molar-refractivity contribution in [3.05, 3.63) is 12.7 Å². The Balaban J connectivity index is 2.13. The van der Waals surface area contributed by atoms with Crippen molar-refractivity contribution in [3.8, 4) is 0 Å². The van der Waals surface area contributed by atoms with Crippen molar-refractivity contribution in [3.63, 3.8) is 0 Å². The van der Waals surface area contributed by atoms with Gasteiger partial charge in [0.05, 0.1) is 31.3 Å². The highest BCUT2D eigenvalue weighted by Crippen LogP contribution is 2.32. The smallest absolute Gasteiger partial charge is 0.308 e. The monoisotopic (exact) mass is 299 g/mol. The summed E-state index contributed by atoms with van der Waals surface area (Å²) in [6.07, 6.45) is 5.37. The van der Waals surface area contributed by atoms with E-state index in [1.165, 1.54) is 0 Å². The van der Waals surface area contributed by atoms with E-state index in [1.807, 2.05) is 13.0 Å². The van der Waals surface area contributed by atoms with E-state index in [4.69, 9.17) is 9.47 Å². The molecule has 1 aliphatic rings. The van der Waals surface area contributed by atoms with Crippen molar-refractivity contribution >= 4 is 5.97 Å². The molecule has 0 amide bonds. The van der Waals surface area contributed by atoms with Gasteiger partial charge < -0.3 is 19.9 Å². The van der Waals surface area contributed by atoms with Crippen LogP contribution < -0.4 is 5.32 Å². The first-order chi connectivity index (χ1) is 10.1. The van der Waals surface area contributed by atoms with Crippen molar-refractivity contribution < 1.29 is 19.4 Å². The molecule has 1 aliphatic carbocycles. The first-order valence-corrected chi connectivity index (χ1v) is 7.89. The molecule has 0 atom stereocenters. The Morgan fingerprint density at radius 1 is 1.43 bits per heavy atom. The van der Waals surface area contributed by atoms with E-state index in [1.54, 1.807) is 0 Å². The lowest BCUT2D eigenvalue weighted by atomic mass is 9.79. The molecule has 0 aromatic heterocycles. The van der Waals surface area contributed by atoms with Gasteiger partial charge in [0.25, 0.3) is 0 Å². The van der Waals surface area contributed by atoms with Crippen LogP contribution in [0.5, 0.6) is 0 Å². The average molecular weight is 299 g/mol. The minimum Gasteiger partial charge on any atom is -0.466 e. The molecular weight excluding hydrogens is 270 g/mol. The lowest BCUT2D eigenvalue weighted by molar-refractivity contribution is -0.151. The van der Waals surface area contributed by atoms with E-state index >= 15 is 0 Å². The van der Waals surface area contributed by atoms with Gasteiger partial charge in [-0.05, 0) is 39.0 Å². The minimum absolute atomic E-state index is 0.0486. The van der Waals surface area contributed by atoms with Gasteiger partial charge in [-0.2, -0.15) is 0 Å². The number of carbonyl (C=O) groups is 1. The van der Waals surface area contributed by atoms with E-state index in [0.717, 1.165) is 13.0 Å². The lowest BCUT2D eigenvalue weighted by Crippen LogP contribution is -2.45. The summed E-state index contributed by atoms with van der Waals surface area (Å²) in [7, 11) is 0. The number of hydrogen-bond acceptors (Lipinski definition) is 5. The van der Waals surface area contributed by atoms with Crippen LogP contribution >= 0.6 is 0 Å². The second-order valence-corrected chi connectivity index (χ2v) is 5.62. The molecule has 1 rings (SSSR count). The predicted octanol–water partition coefficient (Wildman–Crippen LogP) is 1.65. The number of ether oxygens (including phenoxy) is 2. The first kappa shape index (κ1) is 18.1. The molecule has 1 fully saturated rings. The Morgan fingerprint density at radius 3 is 2.76 bits per heavy atom. The van der Waals surface area contributed by atoms with Crippen LogP contribution in [0.2, 0.25) is 0 Å². The van der Waals surface area contributed by atoms with Crippen molar-refractivity contribution in [2.24, 2.45) is 5.92 Å². The summed E-state index contributed by atoms with van der Waals surface area (Å²) in [5, 5.41) is 13.7. The summed E-state index contributed by atoms with van der Waals surface area (Å²) >= 11 is 0. The molecule has 0 unspecified atom stereocenters. The van der Waals surface area contributed by atoms with E-state index in [2.05, 4.69) is 11.9 Å². The summed E-state index contributed by atoms with van der Waals surface area (Å²) in [5.41, 5.74) is -0.704. The van der Waals surface area contributed by atoms with E-state index in [-0.39, 0.29) is 11.9 Å². The van der Waals surface area contributed by atoms with Gasteiger partial charge >= 0.3 is 5.97 Å². The molecule has 0 aromatic rings. The van der Waals surface area contributed by atoms with Crippen molar-refractivity contribution in [2.45, 2.75) is 44.6 Å². The fourth-order valence-electron chi connectivity index (χ4n) is 2.56. The number of hydrogen-bond donors (Lipinski definition) is 2. The largest absolute Gasteiger partial charge is 0.466 e. The quantitative estimate of drug-likeness (QED) is 0.365. The Bertz CT molecular complexity index is 311. The molecule has 1 saturated carbocycles. The number of aliphatic hydroxyl groups is 1. The fraction of sp³-hybridized carbons (Fsp3) is 0.812. The van der Waals surface area contributed by atoms with E-state index in [9.17, 15) is 9.90 Å². The van der Waals surface area contributed by atoms with Crippen LogP contribution in [0.25, 0.3) is 0 Å². The van der Waals surface area contributed by atoms with Crippen LogP contribution in [-0.4, -0.2) is 49.6 Å². The fourth-order valence-corrected chi connectivity index (χ4v) is 2.56. The topological polar surface area (TPSA) is 67.8 Å². The van der Waals surface area contributed by atoms with Gasteiger partial charge in [-0.25, -0.2) is 0 Å². The highest BCUT2D eigenvalue weighted by atomic mass is 16.5. The lowest BCUT2D eigenvalue weighted by Gasteiger charge is -2.35. The minimum atomic E-state index is -0.704. The molecule has 0 saturated heterocycles. The number of nitrogens with one attached hydrogen (secondary N) is 1. The van der Waals surface area contributed by atoms with Crippen molar-refractivity contribution in [1.82, 2.24) is 5.32 Å². The van der Waals surface area contributed by atoms with Crippen LogP contribution in [0, 0.1) is 5.92 Å². The maximum absolute atomic E-state index is 11.7. The molecule has 122 valence electrons. The van der Waals surface area contributed by atoms with Crippen LogP contribution in [-0.2, 0) is 14.3 Å². The first-order valence-electron chi connectivity index (χ1n) is 7.89. The number of carbonyl (C=O) groups excluding carboxylic acids is 1. The second-order valence-electron chi connectivity index (χ2n) is 5.62. The highest BCUT2D eigenvalue weighted by Gasteiger charge is 2.35. The van der Waals surface area contributed by atoms with Gasteiger partial charge in [0, 0.05) is 13.1 Å². The van der Waals surface area contributed by atoms with Crippen molar-refractivity contribution in [1.29, 1.82) is 0 Å². The normalized spacial score (nSPS) is 25.5. The Kier molecular flexibility index (Phi) is 8.57. The highest BCUT2D eigenvalue weighted by molar-refractivity contribution is 5.72. The van der Waals surface area contributed by atoms with Gasteiger partial charge in [-0.15, -0.1) is 6.58 Å². The zero-order chi connectivity index (χ0) is 15.6. The zero-order valence-corrected chi connectivity index (χ0v) is 13.1.